The first-order valence-electron chi connectivity index (χ1n) is 8.03. The van der Waals surface area contributed by atoms with Gasteiger partial charge in [0.2, 0.25) is 5.95 Å². The van der Waals surface area contributed by atoms with Gasteiger partial charge in [-0.3, -0.25) is 19.4 Å². The molecule has 3 aromatic heterocycles. The van der Waals surface area contributed by atoms with Crippen molar-refractivity contribution < 1.29 is 0 Å². The number of hydrogen-bond donors (Lipinski definition) is 2. The van der Waals surface area contributed by atoms with Crippen molar-refractivity contribution in [3.63, 3.8) is 0 Å². The van der Waals surface area contributed by atoms with Crippen molar-refractivity contribution in [3.8, 4) is 0 Å². The van der Waals surface area contributed by atoms with Gasteiger partial charge in [0, 0.05) is 49.6 Å². The lowest BCUT2D eigenvalue weighted by Crippen LogP contribution is -2.18. The van der Waals surface area contributed by atoms with Gasteiger partial charge in [-0.2, -0.15) is 5.10 Å². The van der Waals surface area contributed by atoms with Crippen molar-refractivity contribution in [3.05, 3.63) is 69.6 Å². The summed E-state index contributed by atoms with van der Waals surface area (Å²) in [4.78, 5) is 23.4. The Morgan fingerprint density at radius 3 is 3.00 bits per heavy atom. The third-order valence-electron chi connectivity index (χ3n) is 3.73. The maximum absolute atomic E-state index is 11.9. The van der Waals surface area contributed by atoms with E-state index in [0.717, 1.165) is 12.1 Å². The fraction of sp³-hybridized carbons (Fsp3) is 0.294. The van der Waals surface area contributed by atoms with Crippen molar-refractivity contribution in [1.82, 2.24) is 24.7 Å². The molecular formula is C17H19ClN6O. The van der Waals surface area contributed by atoms with Crippen LogP contribution in [0.15, 0.2) is 47.7 Å². The SMILES string of the molecule is C[C@H](Cn1cc(Cl)cn1)c1cc(=O)[nH]c(NCCc2ccccn2)n1. The largest absolute Gasteiger partial charge is 0.355 e. The molecule has 0 fully saturated rings. The smallest absolute Gasteiger partial charge is 0.252 e. The second kappa shape index (κ2) is 7.94. The fourth-order valence-electron chi connectivity index (χ4n) is 2.48. The van der Waals surface area contributed by atoms with Crippen molar-refractivity contribution >= 4 is 17.5 Å². The molecule has 130 valence electrons. The van der Waals surface area contributed by atoms with Crippen molar-refractivity contribution in [2.75, 3.05) is 11.9 Å². The number of pyridine rings is 1. The number of halogens is 1. The van der Waals surface area contributed by atoms with Gasteiger partial charge in [0.25, 0.3) is 5.56 Å². The van der Waals surface area contributed by atoms with E-state index in [4.69, 9.17) is 11.6 Å². The van der Waals surface area contributed by atoms with Gasteiger partial charge in [0.05, 0.1) is 16.9 Å². The van der Waals surface area contributed by atoms with E-state index in [1.54, 1.807) is 23.3 Å². The molecule has 0 bridgehead atoms. The molecule has 25 heavy (non-hydrogen) atoms. The minimum atomic E-state index is -0.185. The molecule has 0 unspecified atom stereocenters. The molecule has 1 atom stereocenters. The highest BCUT2D eigenvalue weighted by Gasteiger charge is 2.11. The van der Waals surface area contributed by atoms with Crippen LogP contribution < -0.4 is 10.9 Å². The van der Waals surface area contributed by atoms with Crippen LogP contribution in [-0.2, 0) is 13.0 Å². The van der Waals surface area contributed by atoms with Crippen molar-refractivity contribution in [1.29, 1.82) is 0 Å². The number of hydrogen-bond acceptors (Lipinski definition) is 5. The minimum Gasteiger partial charge on any atom is -0.355 e. The zero-order valence-electron chi connectivity index (χ0n) is 13.8. The molecule has 0 radical (unpaired) electrons. The van der Waals surface area contributed by atoms with Crippen LogP contribution in [0.1, 0.15) is 24.2 Å². The third-order valence-corrected chi connectivity index (χ3v) is 3.92. The number of H-pyrrole nitrogens is 1. The maximum Gasteiger partial charge on any atom is 0.252 e. The van der Waals surface area contributed by atoms with E-state index < -0.39 is 0 Å². The van der Waals surface area contributed by atoms with Gasteiger partial charge in [-0.05, 0) is 12.1 Å². The molecule has 3 aromatic rings. The average Bonchev–Trinajstić information content (AvgIpc) is 3.00. The molecule has 0 aromatic carbocycles. The Labute approximate surface area is 150 Å². The van der Waals surface area contributed by atoms with Crippen LogP contribution in [0, 0.1) is 0 Å². The van der Waals surface area contributed by atoms with Crippen LogP contribution >= 0.6 is 11.6 Å². The summed E-state index contributed by atoms with van der Waals surface area (Å²) in [5.41, 5.74) is 1.50. The molecule has 2 N–H and O–H groups in total. The second-order valence-electron chi connectivity index (χ2n) is 5.80. The summed E-state index contributed by atoms with van der Waals surface area (Å²) in [6, 6.07) is 7.31. The van der Waals surface area contributed by atoms with E-state index >= 15 is 0 Å². The summed E-state index contributed by atoms with van der Waals surface area (Å²) in [6.07, 6.45) is 5.84. The highest BCUT2D eigenvalue weighted by Crippen LogP contribution is 2.15. The Morgan fingerprint density at radius 2 is 2.28 bits per heavy atom. The lowest BCUT2D eigenvalue weighted by molar-refractivity contribution is 0.534. The van der Waals surface area contributed by atoms with Crippen LogP contribution in [0.2, 0.25) is 5.02 Å². The lowest BCUT2D eigenvalue weighted by atomic mass is 10.1. The van der Waals surface area contributed by atoms with Crippen LogP contribution in [0.25, 0.3) is 0 Å². The first kappa shape index (κ1) is 17.2. The molecule has 0 aliphatic rings. The Bertz CT molecular complexity index is 876. The highest BCUT2D eigenvalue weighted by atomic mass is 35.5. The fourth-order valence-corrected chi connectivity index (χ4v) is 2.64. The molecule has 0 aliphatic heterocycles. The van der Waals surface area contributed by atoms with Crippen LogP contribution in [0.3, 0.4) is 0 Å². The molecule has 3 rings (SSSR count). The van der Waals surface area contributed by atoms with E-state index in [2.05, 4.69) is 25.4 Å². The van der Waals surface area contributed by atoms with Gasteiger partial charge < -0.3 is 5.32 Å². The summed E-state index contributed by atoms with van der Waals surface area (Å²) < 4.78 is 1.74. The number of anilines is 1. The molecule has 3 heterocycles. The zero-order chi connectivity index (χ0) is 17.6. The quantitative estimate of drug-likeness (QED) is 0.677. The first-order valence-corrected chi connectivity index (χ1v) is 8.41. The van der Waals surface area contributed by atoms with Gasteiger partial charge >= 0.3 is 0 Å². The highest BCUT2D eigenvalue weighted by molar-refractivity contribution is 6.30. The molecular weight excluding hydrogens is 340 g/mol. The van der Waals surface area contributed by atoms with E-state index in [0.29, 0.717) is 29.8 Å². The third kappa shape index (κ3) is 4.90. The molecule has 0 amide bonds. The standard InChI is InChI=1S/C17H19ClN6O/c1-12(10-24-11-13(18)9-21-24)15-8-16(25)23-17(22-15)20-7-5-14-4-2-3-6-19-14/h2-4,6,8-9,11-12H,5,7,10H2,1H3,(H2,20,22,23,25)/t12-/m1/s1. The predicted molar refractivity (Wildman–Crippen MR) is 96.9 cm³/mol. The Balaban J connectivity index is 1.64. The van der Waals surface area contributed by atoms with Crippen molar-refractivity contribution in [2.24, 2.45) is 0 Å². The molecule has 8 heteroatoms. The monoisotopic (exact) mass is 358 g/mol. The van der Waals surface area contributed by atoms with Crippen LogP contribution in [0.5, 0.6) is 0 Å². The van der Waals surface area contributed by atoms with E-state index in [-0.39, 0.29) is 11.5 Å². The molecule has 0 aliphatic carbocycles. The van der Waals surface area contributed by atoms with Crippen LogP contribution in [-0.4, -0.2) is 31.3 Å². The summed E-state index contributed by atoms with van der Waals surface area (Å²) in [5.74, 6) is 0.485. The van der Waals surface area contributed by atoms with E-state index in [1.807, 2.05) is 25.1 Å². The Morgan fingerprint density at radius 1 is 1.40 bits per heavy atom. The van der Waals surface area contributed by atoms with E-state index in [9.17, 15) is 4.79 Å². The minimum absolute atomic E-state index is 0.0228. The van der Waals surface area contributed by atoms with Gasteiger partial charge in [-0.25, -0.2) is 4.98 Å². The number of rotatable bonds is 7. The van der Waals surface area contributed by atoms with Crippen LogP contribution in [0.4, 0.5) is 5.95 Å². The predicted octanol–water partition coefficient (Wildman–Crippen LogP) is 2.47. The van der Waals surface area contributed by atoms with Gasteiger partial charge in [0.1, 0.15) is 0 Å². The van der Waals surface area contributed by atoms with Gasteiger partial charge in [-0.1, -0.05) is 24.6 Å². The normalized spacial score (nSPS) is 12.1. The summed E-state index contributed by atoms with van der Waals surface area (Å²) in [6.45, 7) is 3.22. The lowest BCUT2D eigenvalue weighted by Gasteiger charge is -2.12. The summed E-state index contributed by atoms with van der Waals surface area (Å²) in [5, 5.41) is 7.89. The number of nitrogens with one attached hydrogen (secondary N) is 2. The van der Waals surface area contributed by atoms with Gasteiger partial charge in [-0.15, -0.1) is 0 Å². The maximum atomic E-state index is 11.9. The number of aromatic nitrogens is 5. The Kier molecular flexibility index (Phi) is 5.45. The van der Waals surface area contributed by atoms with Gasteiger partial charge in [0.15, 0.2) is 0 Å². The van der Waals surface area contributed by atoms with E-state index in [1.165, 1.54) is 6.07 Å². The zero-order valence-corrected chi connectivity index (χ0v) is 14.6. The summed E-state index contributed by atoms with van der Waals surface area (Å²) in [7, 11) is 0. The summed E-state index contributed by atoms with van der Waals surface area (Å²) >= 11 is 5.88. The topological polar surface area (TPSA) is 88.5 Å². The van der Waals surface area contributed by atoms with Crippen molar-refractivity contribution in [2.45, 2.75) is 25.8 Å². The first-order chi connectivity index (χ1) is 12.1. The average molecular weight is 359 g/mol. The second-order valence-corrected chi connectivity index (χ2v) is 6.23. The molecule has 0 saturated heterocycles. The Hall–Kier alpha value is -2.67. The number of nitrogens with zero attached hydrogens (tertiary/aromatic N) is 4. The molecule has 0 saturated carbocycles. The number of aromatic amines is 1. The molecule has 7 nitrogen and oxygen atoms in total. The molecule has 0 spiro atoms.